The fraction of sp³-hybridized carbons (Fsp3) is 0.907. The minimum atomic E-state index is -1.61. The molecule has 0 aromatic rings. The van der Waals surface area contributed by atoms with Gasteiger partial charge in [-0.1, -0.05) is 231 Å². The highest BCUT2D eigenvalue weighted by Crippen LogP contribution is 2.23. The summed E-state index contributed by atoms with van der Waals surface area (Å²) in [6.45, 7) is 3.63. The molecule has 1 fully saturated rings. The van der Waals surface area contributed by atoms with Crippen molar-refractivity contribution in [1.29, 1.82) is 0 Å². The van der Waals surface area contributed by atoms with Gasteiger partial charge in [-0.25, -0.2) is 0 Å². The molecule has 8 atom stereocenters. The van der Waals surface area contributed by atoms with Crippen LogP contribution in [0.4, 0.5) is 0 Å². The predicted octanol–water partition coefficient (Wildman–Crippen LogP) is 11.6. The summed E-state index contributed by atoms with van der Waals surface area (Å²) in [6, 6.07) is -0.981. The van der Waals surface area contributed by atoms with E-state index in [-0.39, 0.29) is 6.61 Å². The van der Waals surface area contributed by atoms with Crippen LogP contribution in [0.2, 0.25) is 0 Å². The molecule has 0 radical (unpaired) electrons. The number of aliphatic hydroxyl groups is 6. The lowest BCUT2D eigenvalue weighted by Crippen LogP contribution is -2.60. The molecule has 1 aliphatic rings. The molecule has 378 valence electrons. The Balaban J connectivity index is 2.32. The van der Waals surface area contributed by atoms with Crippen molar-refractivity contribution >= 4 is 5.91 Å². The number of carbonyl (C=O) groups excluding carboxylic acids is 1. The van der Waals surface area contributed by atoms with Crippen LogP contribution in [0, 0.1) is 0 Å². The Morgan fingerprint density at radius 2 is 0.906 bits per heavy atom. The van der Waals surface area contributed by atoms with Crippen LogP contribution in [0.5, 0.6) is 0 Å². The van der Waals surface area contributed by atoms with Gasteiger partial charge >= 0.3 is 0 Å². The molecule has 0 aromatic carbocycles. The molecule has 7 N–H and O–H groups in total. The summed E-state index contributed by atoms with van der Waals surface area (Å²) in [7, 11) is 0. The second-order valence-corrected chi connectivity index (χ2v) is 19.2. The maximum atomic E-state index is 13.1. The summed E-state index contributed by atoms with van der Waals surface area (Å²) in [6.07, 6.45) is 44.1. The van der Waals surface area contributed by atoms with Crippen LogP contribution in [-0.4, -0.2) is 98.7 Å². The minimum Gasteiger partial charge on any atom is -0.394 e. The summed E-state index contributed by atoms with van der Waals surface area (Å²) >= 11 is 0. The summed E-state index contributed by atoms with van der Waals surface area (Å²) < 4.78 is 11.2. The van der Waals surface area contributed by atoms with Crippen molar-refractivity contribution in [2.24, 2.45) is 0 Å². The first-order chi connectivity index (χ1) is 31.3. The van der Waals surface area contributed by atoms with Crippen LogP contribution in [0.1, 0.15) is 251 Å². The van der Waals surface area contributed by atoms with Gasteiger partial charge in [0.25, 0.3) is 0 Å². The van der Waals surface area contributed by atoms with Gasteiger partial charge < -0.3 is 45.4 Å². The van der Waals surface area contributed by atoms with Gasteiger partial charge in [0, 0.05) is 0 Å². The fourth-order valence-corrected chi connectivity index (χ4v) is 8.69. The second kappa shape index (κ2) is 44.2. The normalized spacial score (nSPS) is 20.7. The smallest absolute Gasteiger partial charge is 0.249 e. The Morgan fingerprint density at radius 1 is 0.531 bits per heavy atom. The number of nitrogens with one attached hydrogen (secondary N) is 1. The number of hydrogen-bond donors (Lipinski definition) is 7. The molecule has 0 aromatic heterocycles. The molecule has 1 amide bonds. The Bertz CT molecular complexity index is 1070. The van der Waals surface area contributed by atoms with E-state index in [9.17, 15) is 35.4 Å². The van der Waals surface area contributed by atoms with E-state index in [0.717, 1.165) is 44.9 Å². The molecule has 0 saturated carbocycles. The highest BCUT2D eigenvalue weighted by Gasteiger charge is 2.44. The number of unbranched alkanes of at least 4 members (excludes halogenated alkanes) is 33. The number of allylic oxidation sites excluding steroid dienone is 3. The summed E-state index contributed by atoms with van der Waals surface area (Å²) in [4.78, 5) is 13.1. The molecular formula is C54H103NO9. The maximum Gasteiger partial charge on any atom is 0.249 e. The minimum absolute atomic E-state index is 0.305. The number of hydrogen-bond acceptors (Lipinski definition) is 9. The van der Waals surface area contributed by atoms with Crippen LogP contribution >= 0.6 is 0 Å². The van der Waals surface area contributed by atoms with E-state index in [1.807, 2.05) is 6.08 Å². The van der Waals surface area contributed by atoms with Gasteiger partial charge in [0.2, 0.25) is 5.91 Å². The molecule has 1 heterocycles. The number of amides is 1. The Labute approximate surface area is 392 Å². The van der Waals surface area contributed by atoms with Gasteiger partial charge in [0.1, 0.15) is 30.5 Å². The summed E-state index contributed by atoms with van der Waals surface area (Å²) in [5.74, 6) is -0.618. The van der Waals surface area contributed by atoms with E-state index in [4.69, 9.17) is 9.47 Å². The third kappa shape index (κ3) is 33.2. The highest BCUT2D eigenvalue weighted by molar-refractivity contribution is 5.80. The van der Waals surface area contributed by atoms with Gasteiger partial charge in [-0.15, -0.1) is 0 Å². The first kappa shape index (κ1) is 60.6. The third-order valence-corrected chi connectivity index (χ3v) is 13.1. The van der Waals surface area contributed by atoms with Crippen molar-refractivity contribution in [3.8, 4) is 0 Å². The molecule has 0 bridgehead atoms. The van der Waals surface area contributed by atoms with E-state index in [1.165, 1.54) is 180 Å². The molecule has 0 aliphatic carbocycles. The van der Waals surface area contributed by atoms with Crippen LogP contribution in [0.25, 0.3) is 0 Å². The Hall–Kier alpha value is -1.37. The molecule has 1 rings (SSSR count). The van der Waals surface area contributed by atoms with Crippen LogP contribution in [-0.2, 0) is 14.3 Å². The molecule has 1 aliphatic heterocycles. The van der Waals surface area contributed by atoms with Crippen molar-refractivity contribution in [3.05, 3.63) is 24.3 Å². The third-order valence-electron chi connectivity index (χ3n) is 13.1. The summed E-state index contributed by atoms with van der Waals surface area (Å²) in [5.41, 5.74) is 0. The van der Waals surface area contributed by atoms with Crippen molar-refractivity contribution in [3.63, 3.8) is 0 Å². The zero-order valence-corrected chi connectivity index (χ0v) is 41.4. The standard InChI is InChI=1S/C54H103NO9/c1-3-5-7-9-11-13-15-17-19-21-22-23-24-25-27-29-31-33-35-37-39-41-43-48(58)53(62)55-46(45-63-54-52(61)51(60)50(59)49(44-56)64-54)47(57)42-40-38-36-34-32-30-28-26-20-18-16-14-12-10-8-6-4-2/h25,27,40,42,46-52,54,56-61H,3-24,26,28-39,41,43-45H2,1-2H3,(H,55,62)/b27-25-,42-40+. The van der Waals surface area contributed by atoms with E-state index < -0.39 is 61.5 Å². The van der Waals surface area contributed by atoms with Crippen molar-refractivity contribution in [2.45, 2.75) is 300 Å². The zero-order chi connectivity index (χ0) is 46.7. The molecule has 64 heavy (non-hydrogen) atoms. The average Bonchev–Trinajstić information content (AvgIpc) is 3.29. The van der Waals surface area contributed by atoms with Gasteiger partial charge in [-0.05, 0) is 44.9 Å². The van der Waals surface area contributed by atoms with E-state index >= 15 is 0 Å². The number of aliphatic hydroxyl groups excluding tert-OH is 6. The zero-order valence-electron chi connectivity index (χ0n) is 41.4. The van der Waals surface area contributed by atoms with Crippen LogP contribution in [0.3, 0.4) is 0 Å². The van der Waals surface area contributed by atoms with Crippen LogP contribution < -0.4 is 5.32 Å². The van der Waals surface area contributed by atoms with E-state index in [2.05, 4.69) is 31.3 Å². The van der Waals surface area contributed by atoms with E-state index in [1.54, 1.807) is 6.08 Å². The quantitative estimate of drug-likeness (QED) is 0.0232. The van der Waals surface area contributed by atoms with Crippen molar-refractivity contribution < 1.29 is 44.9 Å². The lowest BCUT2D eigenvalue weighted by atomic mass is 9.99. The summed E-state index contributed by atoms with van der Waals surface area (Å²) in [5, 5.41) is 64.9. The largest absolute Gasteiger partial charge is 0.394 e. The van der Waals surface area contributed by atoms with Gasteiger partial charge in [0.05, 0.1) is 25.4 Å². The van der Waals surface area contributed by atoms with Crippen molar-refractivity contribution in [1.82, 2.24) is 5.32 Å². The predicted molar refractivity (Wildman–Crippen MR) is 264 cm³/mol. The molecule has 10 nitrogen and oxygen atoms in total. The van der Waals surface area contributed by atoms with Gasteiger partial charge in [-0.2, -0.15) is 0 Å². The highest BCUT2D eigenvalue weighted by atomic mass is 16.7. The van der Waals surface area contributed by atoms with Crippen LogP contribution in [0.15, 0.2) is 24.3 Å². The Kier molecular flexibility index (Phi) is 41.8. The lowest BCUT2D eigenvalue weighted by Gasteiger charge is -2.40. The van der Waals surface area contributed by atoms with E-state index in [0.29, 0.717) is 12.8 Å². The maximum absolute atomic E-state index is 13.1. The monoisotopic (exact) mass is 910 g/mol. The Morgan fingerprint density at radius 3 is 1.31 bits per heavy atom. The molecule has 0 spiro atoms. The lowest BCUT2D eigenvalue weighted by molar-refractivity contribution is -0.302. The number of ether oxygens (including phenoxy) is 2. The first-order valence-electron chi connectivity index (χ1n) is 27.2. The van der Waals surface area contributed by atoms with Gasteiger partial charge in [-0.3, -0.25) is 4.79 Å². The topological polar surface area (TPSA) is 169 Å². The number of rotatable bonds is 46. The second-order valence-electron chi connectivity index (χ2n) is 19.2. The molecule has 10 heteroatoms. The fourth-order valence-electron chi connectivity index (χ4n) is 8.69. The average molecular weight is 910 g/mol. The number of carbonyl (C=O) groups is 1. The van der Waals surface area contributed by atoms with Gasteiger partial charge in [0.15, 0.2) is 6.29 Å². The SMILES string of the molecule is CCCCCCCCCCCCCC/C=C\CCCCCCCCC(O)C(=O)NC(COC1OC(CO)C(O)C(O)C1O)C(O)/C=C/CCCCCCCCCCCCCCCCC. The molecule has 1 saturated heterocycles. The van der Waals surface area contributed by atoms with Crippen molar-refractivity contribution in [2.75, 3.05) is 13.2 Å². The molecule has 8 unspecified atom stereocenters. The first-order valence-corrected chi connectivity index (χ1v) is 27.2. The molecular weight excluding hydrogens is 807 g/mol.